The van der Waals surface area contributed by atoms with Crippen molar-refractivity contribution in [3.63, 3.8) is 0 Å². The highest BCUT2D eigenvalue weighted by atomic mass is 35.5. The van der Waals surface area contributed by atoms with Gasteiger partial charge in [0.15, 0.2) is 0 Å². The first kappa shape index (κ1) is 20.6. The monoisotopic (exact) mass is 427 g/mol. The first-order valence-electron chi connectivity index (χ1n) is 10.3. The van der Waals surface area contributed by atoms with Crippen molar-refractivity contribution >= 4 is 30.6 Å². The summed E-state index contributed by atoms with van der Waals surface area (Å²) in [5.74, 6) is 0. The van der Waals surface area contributed by atoms with E-state index in [1.807, 2.05) is 22.9 Å². The molecule has 0 atom stereocenters. The standard InChI is InChI=1S/C23H30ClN3OSi/c1-26-10-9-17-5-6-18(13-19(17)15-26)23-21-14-20(24)7-8-22(21)27(25-23)16-28-11-12-29(2,3)4/h5-8,13-14H,9-12,15-16H2,1-4H3. The van der Waals surface area contributed by atoms with Gasteiger partial charge in [-0.1, -0.05) is 43.4 Å². The molecular formula is C23H30ClN3OSi. The quantitative estimate of drug-likeness (QED) is 0.375. The lowest BCUT2D eigenvalue weighted by molar-refractivity contribution is 0.0818. The number of hydrogen-bond acceptors (Lipinski definition) is 3. The van der Waals surface area contributed by atoms with Gasteiger partial charge in [0.05, 0.1) is 5.52 Å². The largest absolute Gasteiger partial charge is 0.360 e. The van der Waals surface area contributed by atoms with E-state index in [0.29, 0.717) is 6.73 Å². The van der Waals surface area contributed by atoms with E-state index in [1.165, 1.54) is 11.1 Å². The summed E-state index contributed by atoms with van der Waals surface area (Å²) >= 11 is 6.33. The van der Waals surface area contributed by atoms with Crippen molar-refractivity contribution < 1.29 is 4.74 Å². The van der Waals surface area contributed by atoms with Crippen LogP contribution in [0.1, 0.15) is 11.1 Å². The zero-order valence-corrected chi connectivity index (χ0v) is 19.6. The van der Waals surface area contributed by atoms with Crippen LogP contribution in [0.2, 0.25) is 30.7 Å². The van der Waals surface area contributed by atoms with Gasteiger partial charge in [-0.25, -0.2) is 4.68 Å². The third-order valence-corrected chi connectivity index (χ3v) is 7.54. The number of likely N-dealkylation sites (N-methyl/N-ethyl adjacent to an activating group) is 1. The molecule has 0 bridgehead atoms. The van der Waals surface area contributed by atoms with Gasteiger partial charge in [0.25, 0.3) is 0 Å². The molecule has 1 aliphatic heterocycles. The summed E-state index contributed by atoms with van der Waals surface area (Å²) < 4.78 is 7.95. The average molecular weight is 428 g/mol. The molecule has 0 saturated heterocycles. The van der Waals surface area contributed by atoms with Gasteiger partial charge < -0.3 is 9.64 Å². The molecule has 0 amide bonds. The smallest absolute Gasteiger partial charge is 0.140 e. The van der Waals surface area contributed by atoms with E-state index in [2.05, 4.69) is 49.8 Å². The highest BCUT2D eigenvalue weighted by Gasteiger charge is 2.18. The number of hydrogen-bond donors (Lipinski definition) is 0. The summed E-state index contributed by atoms with van der Waals surface area (Å²) in [7, 11) is 1.08. The maximum absolute atomic E-state index is 6.33. The molecule has 0 fully saturated rings. The molecule has 2 heterocycles. The first-order chi connectivity index (χ1) is 13.8. The Bertz CT molecular complexity index is 1020. The Morgan fingerprint density at radius 3 is 2.72 bits per heavy atom. The van der Waals surface area contributed by atoms with Gasteiger partial charge in [0.2, 0.25) is 0 Å². The summed E-state index contributed by atoms with van der Waals surface area (Å²) in [5.41, 5.74) is 6.03. The number of ether oxygens (including phenoxy) is 1. The Morgan fingerprint density at radius 2 is 1.93 bits per heavy atom. The zero-order valence-electron chi connectivity index (χ0n) is 17.8. The maximum Gasteiger partial charge on any atom is 0.140 e. The van der Waals surface area contributed by atoms with Gasteiger partial charge in [0, 0.05) is 43.7 Å². The van der Waals surface area contributed by atoms with Crippen molar-refractivity contribution in [1.29, 1.82) is 0 Å². The maximum atomic E-state index is 6.33. The summed E-state index contributed by atoms with van der Waals surface area (Å²) in [4.78, 5) is 2.37. The van der Waals surface area contributed by atoms with Crippen molar-refractivity contribution in [2.24, 2.45) is 0 Å². The molecule has 2 aromatic carbocycles. The molecule has 0 radical (unpaired) electrons. The Labute approximate surface area is 179 Å². The number of aromatic nitrogens is 2. The van der Waals surface area contributed by atoms with Crippen molar-refractivity contribution in [3.05, 3.63) is 52.5 Å². The van der Waals surface area contributed by atoms with Crippen LogP contribution in [-0.4, -0.2) is 43.0 Å². The Balaban J connectivity index is 1.66. The predicted molar refractivity (Wildman–Crippen MR) is 124 cm³/mol. The van der Waals surface area contributed by atoms with E-state index in [-0.39, 0.29) is 0 Å². The van der Waals surface area contributed by atoms with Crippen LogP contribution in [0.15, 0.2) is 36.4 Å². The second-order valence-corrected chi connectivity index (χ2v) is 15.4. The summed E-state index contributed by atoms with van der Waals surface area (Å²) in [5, 5.41) is 6.74. The van der Waals surface area contributed by atoms with Crippen molar-refractivity contribution in [3.8, 4) is 11.3 Å². The van der Waals surface area contributed by atoms with E-state index < -0.39 is 8.07 Å². The van der Waals surface area contributed by atoms with Crippen LogP contribution in [0.25, 0.3) is 22.2 Å². The third kappa shape index (κ3) is 4.74. The molecule has 0 spiro atoms. The Hall–Kier alpha value is -1.66. The minimum absolute atomic E-state index is 0.469. The third-order valence-electron chi connectivity index (χ3n) is 5.61. The van der Waals surface area contributed by atoms with Crippen LogP contribution in [0.5, 0.6) is 0 Å². The molecule has 29 heavy (non-hydrogen) atoms. The van der Waals surface area contributed by atoms with E-state index in [4.69, 9.17) is 21.4 Å². The molecule has 0 N–H and O–H groups in total. The minimum Gasteiger partial charge on any atom is -0.360 e. The fraction of sp³-hybridized carbons (Fsp3) is 0.435. The molecule has 1 aliphatic rings. The van der Waals surface area contributed by atoms with E-state index in [0.717, 1.165) is 59.3 Å². The molecule has 0 unspecified atom stereocenters. The van der Waals surface area contributed by atoms with Crippen LogP contribution in [0, 0.1) is 0 Å². The lowest BCUT2D eigenvalue weighted by atomic mass is 9.96. The van der Waals surface area contributed by atoms with Crippen LogP contribution in [-0.2, 0) is 24.4 Å². The van der Waals surface area contributed by atoms with Gasteiger partial charge >= 0.3 is 0 Å². The van der Waals surface area contributed by atoms with E-state index >= 15 is 0 Å². The second kappa shape index (κ2) is 8.23. The zero-order chi connectivity index (χ0) is 20.6. The summed E-state index contributed by atoms with van der Waals surface area (Å²) in [6.07, 6.45) is 1.11. The van der Waals surface area contributed by atoms with Crippen LogP contribution in [0.3, 0.4) is 0 Å². The highest BCUT2D eigenvalue weighted by Crippen LogP contribution is 2.32. The summed E-state index contributed by atoms with van der Waals surface area (Å²) in [6.45, 7) is 10.5. The van der Waals surface area contributed by atoms with E-state index in [1.54, 1.807) is 0 Å². The van der Waals surface area contributed by atoms with Crippen molar-refractivity contribution in [1.82, 2.24) is 14.7 Å². The molecule has 4 rings (SSSR count). The van der Waals surface area contributed by atoms with Crippen LogP contribution in [0.4, 0.5) is 0 Å². The van der Waals surface area contributed by atoms with Gasteiger partial charge in [-0.15, -0.1) is 0 Å². The lowest BCUT2D eigenvalue weighted by Crippen LogP contribution is -2.26. The van der Waals surface area contributed by atoms with Gasteiger partial charge in [-0.3, -0.25) is 0 Å². The number of benzene rings is 2. The molecular weight excluding hydrogens is 398 g/mol. The van der Waals surface area contributed by atoms with Crippen molar-refractivity contribution in [2.75, 3.05) is 20.2 Å². The predicted octanol–water partition coefficient (Wildman–Crippen LogP) is 5.66. The Kier molecular flexibility index (Phi) is 5.84. The lowest BCUT2D eigenvalue weighted by Gasteiger charge is -2.25. The SMILES string of the molecule is CN1CCc2ccc(-c3nn(COCC[Si](C)(C)C)c4ccc(Cl)cc34)cc2C1. The molecule has 154 valence electrons. The van der Waals surface area contributed by atoms with Crippen LogP contribution >= 0.6 is 11.6 Å². The van der Waals surface area contributed by atoms with E-state index in [9.17, 15) is 0 Å². The van der Waals surface area contributed by atoms with Gasteiger partial charge in [0.1, 0.15) is 12.4 Å². The first-order valence-corrected chi connectivity index (χ1v) is 14.4. The van der Waals surface area contributed by atoms with Crippen molar-refractivity contribution in [2.45, 2.75) is 45.4 Å². The molecule has 6 heteroatoms. The molecule has 0 aliphatic carbocycles. The molecule has 3 aromatic rings. The number of halogens is 1. The molecule has 1 aromatic heterocycles. The second-order valence-electron chi connectivity index (χ2n) is 9.33. The van der Waals surface area contributed by atoms with Crippen LogP contribution < -0.4 is 0 Å². The highest BCUT2D eigenvalue weighted by molar-refractivity contribution is 6.76. The normalized spacial score (nSPS) is 15.1. The minimum atomic E-state index is -1.10. The van der Waals surface area contributed by atoms with Gasteiger partial charge in [-0.05, 0) is 54.9 Å². The number of fused-ring (bicyclic) bond motifs is 2. The average Bonchev–Trinajstić information content (AvgIpc) is 3.01. The van der Waals surface area contributed by atoms with Gasteiger partial charge in [-0.2, -0.15) is 5.10 Å². The molecule has 4 nitrogen and oxygen atoms in total. The number of nitrogens with zero attached hydrogens (tertiary/aromatic N) is 3. The summed E-state index contributed by atoms with van der Waals surface area (Å²) in [6, 6.07) is 13.9. The molecule has 0 saturated carbocycles. The fourth-order valence-corrected chi connectivity index (χ4v) is 4.77. The Morgan fingerprint density at radius 1 is 1.10 bits per heavy atom. The number of rotatable bonds is 6. The topological polar surface area (TPSA) is 30.3 Å². The fourth-order valence-electron chi connectivity index (χ4n) is 3.84.